The van der Waals surface area contributed by atoms with Crippen molar-refractivity contribution in [3.05, 3.63) is 82.1 Å². The minimum absolute atomic E-state index is 0.155. The van der Waals surface area contributed by atoms with Gasteiger partial charge in [0.2, 0.25) is 0 Å². The van der Waals surface area contributed by atoms with Crippen LogP contribution in [0.5, 0.6) is 0 Å². The third-order valence-electron chi connectivity index (χ3n) is 5.09. The summed E-state index contributed by atoms with van der Waals surface area (Å²) in [5, 5.41) is 8.06. The Hall–Kier alpha value is -3.26. The van der Waals surface area contributed by atoms with Gasteiger partial charge in [-0.1, -0.05) is 12.1 Å². The Kier molecular flexibility index (Phi) is 5.50. The minimum Gasteiger partial charge on any atom is -0.353 e. The van der Waals surface area contributed by atoms with Crippen LogP contribution in [-0.4, -0.2) is 45.6 Å². The average Bonchev–Trinajstić information content (AvgIpc) is 3.47. The van der Waals surface area contributed by atoms with E-state index < -0.39 is 11.7 Å². The Balaban J connectivity index is 1.56. The molecule has 1 aromatic carbocycles. The number of hydrogen-bond donors (Lipinski definition) is 0. The van der Waals surface area contributed by atoms with Gasteiger partial charge in [-0.05, 0) is 41.8 Å². The van der Waals surface area contributed by atoms with Gasteiger partial charge in [-0.25, -0.2) is 9.40 Å². The van der Waals surface area contributed by atoms with Crippen LogP contribution in [0.4, 0.5) is 4.39 Å². The second-order valence-corrected chi connectivity index (χ2v) is 8.15. The van der Waals surface area contributed by atoms with Crippen LogP contribution in [0.25, 0.3) is 0 Å². The van der Waals surface area contributed by atoms with Gasteiger partial charge in [-0.3, -0.25) is 9.59 Å². The monoisotopic (exact) mass is 424 g/mol. The summed E-state index contributed by atoms with van der Waals surface area (Å²) in [5.74, 6) is -1.20. The predicted molar refractivity (Wildman–Crippen MR) is 114 cm³/mol. The standard InChI is InChI=1S/C22H21FN4O2S/c1-25-10-4-8-18(25)19-13-17(20-9-5-11-30-20)24-27(19)21(28)14-26(2)22(29)15-6-3-7-16(23)12-15/h3-12,19H,13-14H2,1-2H3/t19-/m1/s1. The van der Waals surface area contributed by atoms with Gasteiger partial charge in [0.15, 0.2) is 0 Å². The zero-order valence-electron chi connectivity index (χ0n) is 16.7. The van der Waals surface area contributed by atoms with Gasteiger partial charge < -0.3 is 9.47 Å². The van der Waals surface area contributed by atoms with Gasteiger partial charge in [0.25, 0.3) is 11.8 Å². The number of halogens is 1. The third kappa shape index (κ3) is 3.91. The van der Waals surface area contributed by atoms with Gasteiger partial charge in [0.05, 0.1) is 10.6 Å². The van der Waals surface area contributed by atoms with Crippen molar-refractivity contribution in [3.8, 4) is 0 Å². The number of rotatable bonds is 5. The molecule has 3 aromatic rings. The molecule has 0 saturated heterocycles. The molecule has 0 bridgehead atoms. The maximum Gasteiger partial charge on any atom is 0.262 e. The van der Waals surface area contributed by atoms with Crippen molar-refractivity contribution in [2.45, 2.75) is 12.5 Å². The summed E-state index contributed by atoms with van der Waals surface area (Å²) in [5.41, 5.74) is 2.02. The van der Waals surface area contributed by atoms with Gasteiger partial charge in [-0.15, -0.1) is 11.3 Å². The summed E-state index contributed by atoms with van der Waals surface area (Å²) in [7, 11) is 3.46. The molecule has 1 aliphatic heterocycles. The maximum atomic E-state index is 13.5. The van der Waals surface area contributed by atoms with Crippen molar-refractivity contribution < 1.29 is 14.0 Å². The Bertz CT molecular complexity index is 1110. The van der Waals surface area contributed by atoms with Crippen LogP contribution in [0.2, 0.25) is 0 Å². The molecular weight excluding hydrogens is 403 g/mol. The molecule has 0 radical (unpaired) electrons. The molecule has 1 aliphatic rings. The van der Waals surface area contributed by atoms with Crippen LogP contribution >= 0.6 is 11.3 Å². The lowest BCUT2D eigenvalue weighted by atomic mass is 10.1. The molecule has 30 heavy (non-hydrogen) atoms. The van der Waals surface area contributed by atoms with E-state index in [1.165, 1.54) is 41.2 Å². The van der Waals surface area contributed by atoms with Gasteiger partial charge >= 0.3 is 0 Å². The normalized spacial score (nSPS) is 15.9. The summed E-state index contributed by atoms with van der Waals surface area (Å²) >= 11 is 1.58. The number of hydrogen-bond acceptors (Lipinski definition) is 4. The van der Waals surface area contributed by atoms with Crippen LogP contribution in [0.3, 0.4) is 0 Å². The van der Waals surface area contributed by atoms with Crippen LogP contribution in [0.15, 0.2) is 65.2 Å². The lowest BCUT2D eigenvalue weighted by molar-refractivity contribution is -0.133. The molecule has 0 saturated carbocycles. The summed E-state index contributed by atoms with van der Waals surface area (Å²) < 4.78 is 15.4. The van der Waals surface area contributed by atoms with Gasteiger partial charge in [0, 0.05) is 38.0 Å². The van der Waals surface area contributed by atoms with Crippen LogP contribution in [0, 0.1) is 5.82 Å². The number of benzene rings is 1. The second kappa shape index (κ2) is 8.23. The second-order valence-electron chi connectivity index (χ2n) is 7.20. The Morgan fingerprint density at radius 3 is 2.73 bits per heavy atom. The molecule has 4 rings (SSSR count). The number of nitrogens with zero attached hydrogens (tertiary/aromatic N) is 4. The van der Waals surface area contributed by atoms with E-state index in [4.69, 9.17) is 0 Å². The number of carbonyl (C=O) groups excluding carboxylic acids is 2. The van der Waals surface area contributed by atoms with Crippen molar-refractivity contribution in [3.63, 3.8) is 0 Å². The Morgan fingerprint density at radius 2 is 2.07 bits per heavy atom. The highest BCUT2D eigenvalue weighted by atomic mass is 32.1. The van der Waals surface area contributed by atoms with Gasteiger partial charge in [-0.2, -0.15) is 5.10 Å². The molecule has 8 heteroatoms. The van der Waals surface area contributed by atoms with Crippen LogP contribution < -0.4 is 0 Å². The molecular formula is C22H21FN4O2S. The molecule has 3 heterocycles. The molecule has 0 aliphatic carbocycles. The molecule has 0 fully saturated rings. The van der Waals surface area contributed by atoms with Crippen molar-refractivity contribution in [1.29, 1.82) is 0 Å². The maximum absolute atomic E-state index is 13.5. The minimum atomic E-state index is -0.492. The number of aryl methyl sites for hydroxylation is 1. The van der Waals surface area contributed by atoms with E-state index in [2.05, 4.69) is 5.10 Å². The summed E-state index contributed by atoms with van der Waals surface area (Å²) in [6.07, 6.45) is 2.53. The zero-order valence-corrected chi connectivity index (χ0v) is 17.5. The lowest BCUT2D eigenvalue weighted by Crippen LogP contribution is -2.39. The quantitative estimate of drug-likeness (QED) is 0.627. The first kappa shape index (κ1) is 20.0. The van der Waals surface area contributed by atoms with Gasteiger partial charge in [0.1, 0.15) is 18.4 Å². The van der Waals surface area contributed by atoms with E-state index in [9.17, 15) is 14.0 Å². The Morgan fingerprint density at radius 1 is 1.23 bits per heavy atom. The fraction of sp³-hybridized carbons (Fsp3) is 0.227. The van der Waals surface area contributed by atoms with E-state index in [1.54, 1.807) is 11.3 Å². The molecule has 0 spiro atoms. The third-order valence-corrected chi connectivity index (χ3v) is 6.01. The van der Waals surface area contributed by atoms with E-state index in [0.717, 1.165) is 16.3 Å². The lowest BCUT2D eigenvalue weighted by Gasteiger charge is -2.25. The number of carbonyl (C=O) groups is 2. The molecule has 2 amide bonds. The highest BCUT2D eigenvalue weighted by molar-refractivity contribution is 7.12. The number of amides is 2. The number of thiophene rings is 1. The average molecular weight is 425 g/mol. The van der Waals surface area contributed by atoms with Crippen molar-refractivity contribution >= 4 is 28.9 Å². The molecule has 1 atom stereocenters. The molecule has 0 unspecified atom stereocenters. The molecule has 2 aromatic heterocycles. The fourth-order valence-corrected chi connectivity index (χ4v) is 4.29. The van der Waals surface area contributed by atoms with E-state index in [1.807, 2.05) is 47.5 Å². The van der Waals surface area contributed by atoms with E-state index in [0.29, 0.717) is 6.42 Å². The first-order chi connectivity index (χ1) is 14.4. The molecule has 6 nitrogen and oxygen atoms in total. The van der Waals surface area contributed by atoms with E-state index in [-0.39, 0.29) is 24.1 Å². The predicted octanol–water partition coefficient (Wildman–Crippen LogP) is 3.68. The van der Waals surface area contributed by atoms with Crippen molar-refractivity contribution in [2.24, 2.45) is 12.1 Å². The van der Waals surface area contributed by atoms with Crippen molar-refractivity contribution in [2.75, 3.05) is 13.6 Å². The summed E-state index contributed by atoms with van der Waals surface area (Å²) in [4.78, 5) is 28.1. The SMILES string of the molecule is CN(CC(=O)N1N=C(c2cccs2)C[C@@H]1c1cccn1C)C(=O)c1cccc(F)c1. The smallest absolute Gasteiger partial charge is 0.262 e. The first-order valence-corrected chi connectivity index (χ1v) is 10.4. The zero-order chi connectivity index (χ0) is 21.3. The number of hydrazone groups is 1. The highest BCUT2D eigenvalue weighted by Crippen LogP contribution is 2.33. The van der Waals surface area contributed by atoms with Crippen LogP contribution in [0.1, 0.15) is 33.4 Å². The van der Waals surface area contributed by atoms with Crippen molar-refractivity contribution in [1.82, 2.24) is 14.5 Å². The topological polar surface area (TPSA) is 57.9 Å². The summed E-state index contributed by atoms with van der Waals surface area (Å²) in [6.45, 7) is -0.155. The Labute approximate surface area is 177 Å². The highest BCUT2D eigenvalue weighted by Gasteiger charge is 2.35. The fourth-order valence-electron chi connectivity index (χ4n) is 3.57. The molecule has 154 valence electrons. The van der Waals surface area contributed by atoms with Crippen LogP contribution in [-0.2, 0) is 11.8 Å². The van der Waals surface area contributed by atoms with E-state index >= 15 is 0 Å². The molecule has 0 N–H and O–H groups in total. The largest absolute Gasteiger partial charge is 0.353 e. The number of likely N-dealkylation sites (N-methyl/N-ethyl adjacent to an activating group) is 1. The number of aromatic nitrogens is 1. The first-order valence-electron chi connectivity index (χ1n) is 9.49. The summed E-state index contributed by atoms with van der Waals surface area (Å²) in [6, 6.07) is 13.0.